The Morgan fingerprint density at radius 1 is 1.25 bits per heavy atom. The second-order valence-electron chi connectivity index (χ2n) is 5.65. The summed E-state index contributed by atoms with van der Waals surface area (Å²) in [5, 5.41) is 8.51. The molecular formula is C13H20N4O2S. The molecule has 1 aromatic rings. The highest BCUT2D eigenvalue weighted by Gasteiger charge is 2.34. The maximum atomic E-state index is 11.3. The zero-order valence-electron chi connectivity index (χ0n) is 11.2. The number of nitrogens with one attached hydrogen (secondary N) is 1. The lowest BCUT2D eigenvalue weighted by atomic mass is 10.2. The molecule has 0 amide bonds. The van der Waals surface area contributed by atoms with Gasteiger partial charge in [-0.25, -0.2) is 13.6 Å². The summed E-state index contributed by atoms with van der Waals surface area (Å²) in [7, 11) is -3.75. The molecule has 5 N–H and O–H groups in total. The Labute approximate surface area is 119 Å². The van der Waals surface area contributed by atoms with E-state index in [1.807, 2.05) is 0 Å². The Kier molecular flexibility index (Phi) is 3.35. The van der Waals surface area contributed by atoms with Crippen molar-refractivity contribution in [3.05, 3.63) is 18.2 Å². The fourth-order valence-corrected chi connectivity index (χ4v) is 3.45. The molecule has 7 heteroatoms. The predicted molar refractivity (Wildman–Crippen MR) is 78.9 cm³/mol. The molecule has 2 fully saturated rings. The van der Waals surface area contributed by atoms with Gasteiger partial charge in [0.25, 0.3) is 0 Å². The number of likely N-dealkylation sites (tertiary alicyclic amines) is 1. The fraction of sp³-hybridized carbons (Fsp3) is 0.538. The van der Waals surface area contributed by atoms with Crippen LogP contribution in [0.5, 0.6) is 0 Å². The summed E-state index contributed by atoms with van der Waals surface area (Å²) in [5.74, 6) is 0. The second kappa shape index (κ2) is 4.91. The number of primary sulfonamides is 1. The topological polar surface area (TPSA) is 101 Å². The van der Waals surface area contributed by atoms with E-state index in [2.05, 4.69) is 10.2 Å². The third-order valence-electron chi connectivity index (χ3n) is 3.97. The minimum Gasteiger partial charge on any atom is -0.398 e. The van der Waals surface area contributed by atoms with Crippen LogP contribution >= 0.6 is 0 Å². The molecule has 1 atom stereocenters. The van der Waals surface area contributed by atoms with Crippen molar-refractivity contribution in [1.29, 1.82) is 0 Å². The number of anilines is 2. The first-order chi connectivity index (χ1) is 9.43. The first-order valence-corrected chi connectivity index (χ1v) is 8.41. The van der Waals surface area contributed by atoms with Crippen LogP contribution in [0.4, 0.5) is 11.4 Å². The molecule has 0 spiro atoms. The van der Waals surface area contributed by atoms with Crippen LogP contribution in [-0.4, -0.2) is 38.5 Å². The molecule has 1 aromatic carbocycles. The maximum absolute atomic E-state index is 11.3. The average molecular weight is 296 g/mol. The molecule has 0 bridgehead atoms. The van der Waals surface area contributed by atoms with E-state index in [-0.39, 0.29) is 10.6 Å². The largest absolute Gasteiger partial charge is 0.398 e. The molecule has 1 saturated heterocycles. The van der Waals surface area contributed by atoms with Crippen molar-refractivity contribution >= 4 is 21.4 Å². The zero-order valence-corrected chi connectivity index (χ0v) is 12.1. The Bertz CT molecular complexity index is 613. The van der Waals surface area contributed by atoms with Crippen LogP contribution < -0.4 is 16.2 Å². The lowest BCUT2D eigenvalue weighted by molar-refractivity contribution is 0.326. The summed E-state index contributed by atoms with van der Waals surface area (Å²) in [6.07, 6.45) is 3.75. The third kappa shape index (κ3) is 2.89. The van der Waals surface area contributed by atoms with Crippen molar-refractivity contribution in [3.63, 3.8) is 0 Å². The number of hydrogen-bond acceptors (Lipinski definition) is 5. The van der Waals surface area contributed by atoms with Gasteiger partial charge in [-0.15, -0.1) is 0 Å². The Balaban J connectivity index is 1.68. The summed E-state index contributed by atoms with van der Waals surface area (Å²) in [5.41, 5.74) is 6.79. The number of nitrogen functional groups attached to an aromatic ring is 1. The maximum Gasteiger partial charge on any atom is 0.240 e. The van der Waals surface area contributed by atoms with E-state index in [0.717, 1.165) is 31.2 Å². The average Bonchev–Trinajstić information content (AvgIpc) is 3.09. The summed E-state index contributed by atoms with van der Waals surface area (Å²) < 4.78 is 22.6. The first kappa shape index (κ1) is 13.7. The van der Waals surface area contributed by atoms with Gasteiger partial charge in [-0.05, 0) is 37.5 Å². The molecule has 3 rings (SSSR count). The van der Waals surface area contributed by atoms with Crippen LogP contribution in [0, 0.1) is 0 Å². The van der Waals surface area contributed by atoms with E-state index in [9.17, 15) is 8.42 Å². The van der Waals surface area contributed by atoms with E-state index in [0.29, 0.717) is 6.04 Å². The molecule has 0 aromatic heterocycles. The van der Waals surface area contributed by atoms with Gasteiger partial charge in [0.2, 0.25) is 10.0 Å². The standard InChI is InChI=1S/C13H20N4O2S/c14-12-7-9(1-4-13(12)20(15,18)19)16-10-5-6-17(8-10)11-2-3-11/h1,4,7,10-11,16H,2-3,5-6,8,14H2,(H2,15,18,19). The normalized spacial score (nSPS) is 23.9. The molecule has 110 valence electrons. The summed E-state index contributed by atoms with van der Waals surface area (Å²) in [6.45, 7) is 2.18. The predicted octanol–water partition coefficient (Wildman–Crippen LogP) is 0.565. The molecule has 1 saturated carbocycles. The van der Waals surface area contributed by atoms with Gasteiger partial charge < -0.3 is 11.1 Å². The molecule has 6 nitrogen and oxygen atoms in total. The second-order valence-corrected chi connectivity index (χ2v) is 7.18. The van der Waals surface area contributed by atoms with E-state index in [1.54, 1.807) is 12.1 Å². The van der Waals surface area contributed by atoms with Gasteiger partial charge in [0, 0.05) is 30.9 Å². The van der Waals surface area contributed by atoms with Gasteiger partial charge in [0.05, 0.1) is 5.69 Å². The van der Waals surface area contributed by atoms with Gasteiger partial charge in [0.15, 0.2) is 0 Å². The van der Waals surface area contributed by atoms with Crippen molar-refractivity contribution < 1.29 is 8.42 Å². The highest BCUT2D eigenvalue weighted by atomic mass is 32.2. The molecule has 1 unspecified atom stereocenters. The third-order valence-corrected chi connectivity index (χ3v) is 4.95. The van der Waals surface area contributed by atoms with Crippen molar-refractivity contribution in [2.75, 3.05) is 24.1 Å². The summed E-state index contributed by atoms with van der Waals surface area (Å²) in [4.78, 5) is 2.49. The molecule has 2 aliphatic rings. The number of nitrogens with two attached hydrogens (primary N) is 2. The van der Waals surface area contributed by atoms with Crippen LogP contribution in [-0.2, 0) is 10.0 Å². The molecular weight excluding hydrogens is 276 g/mol. The van der Waals surface area contributed by atoms with E-state index >= 15 is 0 Å². The first-order valence-electron chi connectivity index (χ1n) is 6.86. The monoisotopic (exact) mass is 296 g/mol. The lowest BCUT2D eigenvalue weighted by Gasteiger charge is -2.17. The minimum atomic E-state index is -3.75. The zero-order chi connectivity index (χ0) is 14.3. The van der Waals surface area contributed by atoms with Gasteiger partial charge >= 0.3 is 0 Å². The highest BCUT2D eigenvalue weighted by Crippen LogP contribution is 2.31. The van der Waals surface area contributed by atoms with Gasteiger partial charge in [-0.1, -0.05) is 0 Å². The van der Waals surface area contributed by atoms with Crippen molar-refractivity contribution in [1.82, 2.24) is 4.90 Å². The molecule has 1 heterocycles. The van der Waals surface area contributed by atoms with Crippen LogP contribution in [0.3, 0.4) is 0 Å². The molecule has 1 aliphatic heterocycles. The lowest BCUT2D eigenvalue weighted by Crippen LogP contribution is -2.27. The highest BCUT2D eigenvalue weighted by molar-refractivity contribution is 7.89. The van der Waals surface area contributed by atoms with Crippen molar-refractivity contribution in [2.24, 2.45) is 5.14 Å². The minimum absolute atomic E-state index is 0.0194. The quantitative estimate of drug-likeness (QED) is 0.705. The van der Waals surface area contributed by atoms with Gasteiger partial charge in [0.1, 0.15) is 4.90 Å². The van der Waals surface area contributed by atoms with Gasteiger partial charge in [-0.2, -0.15) is 0 Å². The molecule has 0 radical (unpaired) electrons. The number of nitrogens with zero attached hydrogens (tertiary/aromatic N) is 1. The Morgan fingerprint density at radius 2 is 2.00 bits per heavy atom. The Morgan fingerprint density at radius 3 is 2.60 bits per heavy atom. The van der Waals surface area contributed by atoms with Crippen LogP contribution in [0.1, 0.15) is 19.3 Å². The number of sulfonamides is 1. The molecule has 20 heavy (non-hydrogen) atoms. The number of benzene rings is 1. The van der Waals surface area contributed by atoms with Crippen LogP contribution in [0.15, 0.2) is 23.1 Å². The number of rotatable bonds is 4. The van der Waals surface area contributed by atoms with Crippen molar-refractivity contribution in [2.45, 2.75) is 36.2 Å². The summed E-state index contributed by atoms with van der Waals surface area (Å²) in [6, 6.07) is 6.00. The molecule has 1 aliphatic carbocycles. The summed E-state index contributed by atoms with van der Waals surface area (Å²) >= 11 is 0. The smallest absolute Gasteiger partial charge is 0.240 e. The van der Waals surface area contributed by atoms with E-state index in [1.165, 1.54) is 18.9 Å². The van der Waals surface area contributed by atoms with Gasteiger partial charge in [-0.3, -0.25) is 4.90 Å². The van der Waals surface area contributed by atoms with Crippen LogP contribution in [0.25, 0.3) is 0 Å². The van der Waals surface area contributed by atoms with Crippen molar-refractivity contribution in [3.8, 4) is 0 Å². The SMILES string of the molecule is Nc1cc(NC2CCN(C3CC3)C2)ccc1S(N)(=O)=O. The number of hydrogen-bond donors (Lipinski definition) is 3. The fourth-order valence-electron chi connectivity index (χ4n) is 2.81. The van der Waals surface area contributed by atoms with Crippen LogP contribution in [0.2, 0.25) is 0 Å². The Hall–Kier alpha value is -1.31. The van der Waals surface area contributed by atoms with E-state index < -0.39 is 10.0 Å². The van der Waals surface area contributed by atoms with E-state index in [4.69, 9.17) is 10.9 Å².